The zero-order valence-electron chi connectivity index (χ0n) is 9.48. The van der Waals surface area contributed by atoms with Gasteiger partial charge in [0.1, 0.15) is 12.6 Å². The average molecular weight is 219 g/mol. The molecule has 0 bridgehead atoms. The molecule has 1 saturated carbocycles. The van der Waals surface area contributed by atoms with Gasteiger partial charge in [-0.1, -0.05) is 30.3 Å². The minimum atomic E-state index is -0.198. The van der Waals surface area contributed by atoms with Crippen LogP contribution in [0.15, 0.2) is 30.3 Å². The molecule has 0 aliphatic heterocycles. The Hall–Kier alpha value is -1.35. The van der Waals surface area contributed by atoms with Gasteiger partial charge in [0.25, 0.3) is 0 Å². The second-order valence-corrected chi connectivity index (χ2v) is 4.26. The molecule has 86 valence electrons. The van der Waals surface area contributed by atoms with E-state index in [1.165, 1.54) is 12.8 Å². The lowest BCUT2D eigenvalue weighted by molar-refractivity contribution is -0.147. The monoisotopic (exact) mass is 219 g/mol. The van der Waals surface area contributed by atoms with Gasteiger partial charge in [0.2, 0.25) is 0 Å². The first kappa shape index (κ1) is 11.1. The van der Waals surface area contributed by atoms with E-state index in [1.54, 1.807) is 0 Å². The van der Waals surface area contributed by atoms with E-state index in [9.17, 15) is 4.79 Å². The fourth-order valence-electron chi connectivity index (χ4n) is 1.53. The predicted molar refractivity (Wildman–Crippen MR) is 61.9 cm³/mol. The minimum absolute atomic E-state index is 0.171. The highest BCUT2D eigenvalue weighted by molar-refractivity contribution is 5.75. The number of carbonyl (C=O) groups is 1. The third kappa shape index (κ3) is 3.35. The number of rotatable bonds is 5. The zero-order chi connectivity index (χ0) is 11.4. The molecule has 1 aromatic rings. The highest BCUT2D eigenvalue weighted by Crippen LogP contribution is 2.19. The fraction of sp³-hybridized carbons (Fsp3) is 0.462. The van der Waals surface area contributed by atoms with Gasteiger partial charge in [-0.3, -0.25) is 4.79 Å². The molecular formula is C13H17NO2. The van der Waals surface area contributed by atoms with Gasteiger partial charge in [-0.2, -0.15) is 0 Å². The summed E-state index contributed by atoms with van der Waals surface area (Å²) in [6, 6.07) is 10.1. The molecule has 0 saturated heterocycles. The number of esters is 1. The van der Waals surface area contributed by atoms with E-state index in [-0.39, 0.29) is 12.0 Å². The van der Waals surface area contributed by atoms with Crippen molar-refractivity contribution >= 4 is 5.97 Å². The molecule has 1 N–H and O–H groups in total. The number of ether oxygens (including phenoxy) is 1. The van der Waals surface area contributed by atoms with Gasteiger partial charge < -0.3 is 10.1 Å². The second-order valence-electron chi connectivity index (χ2n) is 4.26. The molecule has 1 atom stereocenters. The lowest BCUT2D eigenvalue weighted by atomic mass is 10.2. The molecule has 1 fully saturated rings. The summed E-state index contributed by atoms with van der Waals surface area (Å²) in [7, 11) is 0. The maximum absolute atomic E-state index is 11.6. The van der Waals surface area contributed by atoms with Crippen LogP contribution >= 0.6 is 0 Å². The Bertz CT molecular complexity index is 346. The Morgan fingerprint density at radius 2 is 2.12 bits per heavy atom. The number of hydrogen-bond acceptors (Lipinski definition) is 3. The zero-order valence-corrected chi connectivity index (χ0v) is 9.48. The van der Waals surface area contributed by atoms with E-state index in [0.717, 1.165) is 5.56 Å². The fourth-order valence-corrected chi connectivity index (χ4v) is 1.53. The Morgan fingerprint density at radius 3 is 2.75 bits per heavy atom. The molecular weight excluding hydrogens is 202 g/mol. The number of hydrogen-bond donors (Lipinski definition) is 1. The topological polar surface area (TPSA) is 38.3 Å². The molecule has 0 unspecified atom stereocenters. The molecule has 1 aliphatic rings. The summed E-state index contributed by atoms with van der Waals surface area (Å²) >= 11 is 0. The van der Waals surface area contributed by atoms with Crippen molar-refractivity contribution in [2.45, 2.75) is 38.5 Å². The summed E-state index contributed by atoms with van der Waals surface area (Å²) in [5.41, 5.74) is 1.02. The summed E-state index contributed by atoms with van der Waals surface area (Å²) in [6.07, 6.45) is 2.35. The highest BCUT2D eigenvalue weighted by Gasteiger charge is 2.26. The summed E-state index contributed by atoms with van der Waals surface area (Å²) in [5, 5.41) is 3.22. The smallest absolute Gasteiger partial charge is 0.323 e. The standard InChI is InChI=1S/C13H17NO2/c1-10(14-12-7-8-12)13(15)16-9-11-5-3-2-4-6-11/h2-6,10,12,14H,7-9H2,1H3/t10-/m0/s1. The van der Waals surface area contributed by atoms with Crippen LogP contribution < -0.4 is 5.32 Å². The largest absolute Gasteiger partial charge is 0.460 e. The van der Waals surface area contributed by atoms with Gasteiger partial charge in [0.05, 0.1) is 0 Å². The predicted octanol–water partition coefficient (Wildman–Crippen LogP) is 1.87. The van der Waals surface area contributed by atoms with Crippen LogP contribution in [0.3, 0.4) is 0 Å². The SMILES string of the molecule is C[C@H](NC1CC1)C(=O)OCc1ccccc1. The Morgan fingerprint density at radius 1 is 1.44 bits per heavy atom. The van der Waals surface area contributed by atoms with Gasteiger partial charge in [-0.15, -0.1) is 0 Å². The summed E-state index contributed by atoms with van der Waals surface area (Å²) in [6.45, 7) is 2.21. The summed E-state index contributed by atoms with van der Waals surface area (Å²) in [5.74, 6) is -0.171. The van der Waals surface area contributed by atoms with Gasteiger partial charge in [0.15, 0.2) is 0 Å². The molecule has 1 aliphatic carbocycles. The van der Waals surface area contributed by atoms with E-state index in [1.807, 2.05) is 37.3 Å². The summed E-state index contributed by atoms with van der Waals surface area (Å²) < 4.78 is 5.22. The van der Waals surface area contributed by atoms with Crippen LogP contribution in [0, 0.1) is 0 Å². The first-order valence-corrected chi connectivity index (χ1v) is 5.72. The molecule has 3 nitrogen and oxygen atoms in total. The van der Waals surface area contributed by atoms with Crippen molar-refractivity contribution in [2.24, 2.45) is 0 Å². The highest BCUT2D eigenvalue weighted by atomic mass is 16.5. The number of benzene rings is 1. The second kappa shape index (κ2) is 5.12. The quantitative estimate of drug-likeness (QED) is 0.768. The molecule has 0 spiro atoms. The number of nitrogens with one attached hydrogen (secondary N) is 1. The average Bonchev–Trinajstić information content (AvgIpc) is 3.11. The van der Waals surface area contributed by atoms with E-state index < -0.39 is 0 Å². The van der Waals surface area contributed by atoms with Crippen LogP contribution in [0.25, 0.3) is 0 Å². The van der Waals surface area contributed by atoms with Crippen molar-refractivity contribution in [3.8, 4) is 0 Å². The van der Waals surface area contributed by atoms with Crippen LogP contribution in [0.2, 0.25) is 0 Å². The first-order chi connectivity index (χ1) is 7.75. The molecule has 2 rings (SSSR count). The molecule has 0 aromatic heterocycles. The van der Waals surface area contributed by atoms with Crippen molar-refractivity contribution in [3.05, 3.63) is 35.9 Å². The number of carbonyl (C=O) groups excluding carboxylic acids is 1. The molecule has 16 heavy (non-hydrogen) atoms. The van der Waals surface area contributed by atoms with Gasteiger partial charge in [-0.25, -0.2) is 0 Å². The van der Waals surface area contributed by atoms with Crippen LogP contribution in [-0.2, 0) is 16.1 Å². The lowest BCUT2D eigenvalue weighted by Gasteiger charge is -2.12. The van der Waals surface area contributed by atoms with E-state index in [0.29, 0.717) is 12.6 Å². The molecule has 0 heterocycles. The molecule has 3 heteroatoms. The third-order valence-electron chi connectivity index (χ3n) is 2.64. The Balaban J connectivity index is 1.74. The van der Waals surface area contributed by atoms with Gasteiger partial charge >= 0.3 is 5.97 Å². The lowest BCUT2D eigenvalue weighted by Crippen LogP contribution is -2.36. The molecule has 1 aromatic carbocycles. The van der Waals surface area contributed by atoms with E-state index in [4.69, 9.17) is 4.74 Å². The summed E-state index contributed by atoms with van der Waals surface area (Å²) in [4.78, 5) is 11.6. The Labute approximate surface area is 95.8 Å². The van der Waals surface area contributed by atoms with Crippen molar-refractivity contribution in [1.29, 1.82) is 0 Å². The minimum Gasteiger partial charge on any atom is -0.460 e. The van der Waals surface area contributed by atoms with Crippen molar-refractivity contribution in [3.63, 3.8) is 0 Å². The molecule has 0 radical (unpaired) electrons. The van der Waals surface area contributed by atoms with Crippen molar-refractivity contribution in [1.82, 2.24) is 5.32 Å². The Kier molecular flexibility index (Phi) is 3.57. The maximum Gasteiger partial charge on any atom is 0.323 e. The van der Waals surface area contributed by atoms with E-state index in [2.05, 4.69) is 5.32 Å². The van der Waals surface area contributed by atoms with Gasteiger partial charge in [0, 0.05) is 6.04 Å². The molecule has 0 amide bonds. The van der Waals surface area contributed by atoms with Crippen LogP contribution in [0.4, 0.5) is 0 Å². The van der Waals surface area contributed by atoms with Crippen LogP contribution in [0.5, 0.6) is 0 Å². The van der Waals surface area contributed by atoms with Crippen LogP contribution in [0.1, 0.15) is 25.3 Å². The third-order valence-corrected chi connectivity index (χ3v) is 2.64. The van der Waals surface area contributed by atoms with Crippen LogP contribution in [-0.4, -0.2) is 18.1 Å². The van der Waals surface area contributed by atoms with Gasteiger partial charge in [-0.05, 0) is 25.3 Å². The normalized spacial score (nSPS) is 16.8. The van der Waals surface area contributed by atoms with Crippen molar-refractivity contribution in [2.75, 3.05) is 0 Å². The van der Waals surface area contributed by atoms with Crippen molar-refractivity contribution < 1.29 is 9.53 Å². The first-order valence-electron chi connectivity index (χ1n) is 5.72. The van der Waals surface area contributed by atoms with E-state index >= 15 is 0 Å². The maximum atomic E-state index is 11.6.